The Morgan fingerprint density at radius 2 is 2.07 bits per heavy atom. The molecule has 0 saturated carbocycles. The minimum absolute atomic E-state index is 0.0741. The third-order valence-corrected chi connectivity index (χ3v) is 5.90. The highest BCUT2D eigenvalue weighted by Gasteiger charge is 2.28. The van der Waals surface area contributed by atoms with E-state index in [9.17, 15) is 4.79 Å². The summed E-state index contributed by atoms with van der Waals surface area (Å²) < 4.78 is 2.12. The van der Waals surface area contributed by atoms with Gasteiger partial charge in [-0.25, -0.2) is 9.97 Å². The van der Waals surface area contributed by atoms with E-state index in [1.807, 2.05) is 48.7 Å². The molecule has 1 aliphatic rings. The minimum atomic E-state index is -0.0748. The summed E-state index contributed by atoms with van der Waals surface area (Å²) in [5.41, 5.74) is 3.73. The molecule has 1 saturated heterocycles. The van der Waals surface area contributed by atoms with Gasteiger partial charge in [-0.3, -0.25) is 4.79 Å². The summed E-state index contributed by atoms with van der Waals surface area (Å²) in [7, 11) is 0. The smallest absolute Gasteiger partial charge is 0.225 e. The van der Waals surface area contributed by atoms with E-state index in [0.717, 1.165) is 41.8 Å². The van der Waals surface area contributed by atoms with E-state index < -0.39 is 0 Å². The number of piperidine rings is 1. The van der Waals surface area contributed by atoms with Crippen LogP contribution >= 0.6 is 11.6 Å². The second kappa shape index (κ2) is 7.95. The molecule has 0 radical (unpaired) electrons. The quantitative estimate of drug-likeness (QED) is 0.541. The van der Waals surface area contributed by atoms with Crippen molar-refractivity contribution < 1.29 is 4.79 Å². The van der Waals surface area contributed by atoms with Gasteiger partial charge in [-0.15, -0.1) is 0 Å². The zero-order valence-electron chi connectivity index (χ0n) is 16.5. The van der Waals surface area contributed by atoms with Crippen molar-refractivity contribution in [2.24, 2.45) is 5.92 Å². The first-order valence-corrected chi connectivity index (χ1v) is 10.6. The normalized spacial score (nSPS) is 16.8. The number of rotatable bonds is 4. The molecule has 1 aromatic carbocycles. The van der Waals surface area contributed by atoms with Gasteiger partial charge in [-0.05, 0) is 54.8 Å². The van der Waals surface area contributed by atoms with Crippen LogP contribution in [0.25, 0.3) is 16.7 Å². The Kier molecular flexibility index (Phi) is 5.01. The largest absolute Gasteiger partial charge is 0.354 e. The molecule has 1 aliphatic heterocycles. The topological polar surface area (TPSA) is 62.5 Å². The second-order valence-electron chi connectivity index (χ2n) is 7.68. The standard InChI is InChI=1S/C23H22ClN5O/c24-18-7-1-5-16(13-18)14-26-23(30)17-6-3-11-28(15-17)22-20-9-4-12-29(20)19-8-2-10-25-21(19)27-22/h1-2,4-5,7-10,12-13,17H,3,6,11,14-15H2,(H,26,30)/t17-/m0/s1. The van der Waals surface area contributed by atoms with E-state index in [0.29, 0.717) is 23.8 Å². The molecule has 3 aromatic heterocycles. The number of hydrogen-bond acceptors (Lipinski definition) is 4. The molecular formula is C23H22ClN5O. The van der Waals surface area contributed by atoms with Crippen LogP contribution in [-0.4, -0.2) is 33.4 Å². The Bertz CT molecular complexity index is 1220. The van der Waals surface area contributed by atoms with Crippen molar-refractivity contribution >= 4 is 40.0 Å². The number of halogens is 1. The minimum Gasteiger partial charge on any atom is -0.354 e. The van der Waals surface area contributed by atoms with Crippen LogP contribution in [0.5, 0.6) is 0 Å². The van der Waals surface area contributed by atoms with Gasteiger partial charge in [0.05, 0.1) is 17.0 Å². The van der Waals surface area contributed by atoms with Crippen LogP contribution < -0.4 is 10.2 Å². The molecule has 4 aromatic rings. The lowest BCUT2D eigenvalue weighted by molar-refractivity contribution is -0.125. The molecular weight excluding hydrogens is 398 g/mol. The average molecular weight is 420 g/mol. The Labute approximate surface area is 179 Å². The number of hydrogen-bond donors (Lipinski definition) is 1. The van der Waals surface area contributed by atoms with Crippen molar-refractivity contribution in [3.05, 3.63) is 71.5 Å². The van der Waals surface area contributed by atoms with E-state index in [1.54, 1.807) is 6.20 Å². The van der Waals surface area contributed by atoms with Crippen LogP contribution in [-0.2, 0) is 11.3 Å². The first-order valence-electron chi connectivity index (χ1n) is 10.2. The fourth-order valence-electron chi connectivity index (χ4n) is 4.19. The molecule has 0 spiro atoms. The third-order valence-electron chi connectivity index (χ3n) is 5.66. The fourth-order valence-corrected chi connectivity index (χ4v) is 4.40. The summed E-state index contributed by atoms with van der Waals surface area (Å²) in [6, 6.07) is 15.6. The highest BCUT2D eigenvalue weighted by atomic mass is 35.5. The summed E-state index contributed by atoms with van der Waals surface area (Å²) in [5, 5.41) is 3.75. The van der Waals surface area contributed by atoms with Crippen LogP contribution in [0, 0.1) is 5.92 Å². The number of carbonyl (C=O) groups is 1. The molecule has 1 fully saturated rings. The van der Waals surface area contributed by atoms with Crippen molar-refractivity contribution in [1.29, 1.82) is 0 Å². The molecule has 5 rings (SSSR count). The Balaban J connectivity index is 1.36. The number of nitrogens with zero attached hydrogens (tertiary/aromatic N) is 4. The predicted molar refractivity (Wildman–Crippen MR) is 119 cm³/mol. The molecule has 152 valence electrons. The van der Waals surface area contributed by atoms with Crippen LogP contribution in [0.2, 0.25) is 5.02 Å². The summed E-state index contributed by atoms with van der Waals surface area (Å²) in [6.45, 7) is 2.01. The first kappa shape index (κ1) is 18.9. The Hall–Kier alpha value is -3.12. The zero-order valence-corrected chi connectivity index (χ0v) is 17.2. The molecule has 30 heavy (non-hydrogen) atoms. The van der Waals surface area contributed by atoms with Crippen molar-refractivity contribution in [2.75, 3.05) is 18.0 Å². The maximum absolute atomic E-state index is 12.9. The lowest BCUT2D eigenvalue weighted by Crippen LogP contribution is -2.43. The SMILES string of the molecule is O=C(NCc1cccc(Cl)c1)[C@H]1CCCN(c2nc3ncccc3n3cccc23)C1. The van der Waals surface area contributed by atoms with E-state index in [2.05, 4.69) is 25.7 Å². The van der Waals surface area contributed by atoms with Gasteiger partial charge in [0.25, 0.3) is 0 Å². The van der Waals surface area contributed by atoms with Crippen molar-refractivity contribution in [3.63, 3.8) is 0 Å². The molecule has 1 atom stereocenters. The van der Waals surface area contributed by atoms with Crippen molar-refractivity contribution in [1.82, 2.24) is 19.7 Å². The van der Waals surface area contributed by atoms with Gasteiger partial charge in [-0.1, -0.05) is 23.7 Å². The van der Waals surface area contributed by atoms with Crippen LogP contribution in [0.4, 0.5) is 5.82 Å². The van der Waals surface area contributed by atoms with Gasteiger partial charge in [0, 0.05) is 37.1 Å². The van der Waals surface area contributed by atoms with E-state index >= 15 is 0 Å². The second-order valence-corrected chi connectivity index (χ2v) is 8.11. The molecule has 0 unspecified atom stereocenters. The predicted octanol–water partition coefficient (Wildman–Crippen LogP) is 4.07. The molecule has 6 nitrogen and oxygen atoms in total. The summed E-state index contributed by atoms with van der Waals surface area (Å²) >= 11 is 6.04. The van der Waals surface area contributed by atoms with Crippen LogP contribution in [0.3, 0.4) is 0 Å². The lowest BCUT2D eigenvalue weighted by atomic mass is 9.97. The van der Waals surface area contributed by atoms with Crippen LogP contribution in [0.1, 0.15) is 18.4 Å². The van der Waals surface area contributed by atoms with Crippen molar-refractivity contribution in [3.8, 4) is 0 Å². The summed E-state index contributed by atoms with van der Waals surface area (Å²) in [6.07, 6.45) is 5.62. The Morgan fingerprint density at radius 1 is 1.17 bits per heavy atom. The number of aromatic nitrogens is 3. The lowest BCUT2D eigenvalue weighted by Gasteiger charge is -2.33. The maximum Gasteiger partial charge on any atom is 0.225 e. The zero-order chi connectivity index (χ0) is 20.5. The molecule has 1 amide bonds. The number of carbonyl (C=O) groups excluding carboxylic acids is 1. The van der Waals surface area contributed by atoms with Gasteiger partial charge in [-0.2, -0.15) is 0 Å². The van der Waals surface area contributed by atoms with Gasteiger partial charge in [0.2, 0.25) is 5.91 Å². The van der Waals surface area contributed by atoms with Gasteiger partial charge >= 0.3 is 0 Å². The van der Waals surface area contributed by atoms with Crippen molar-refractivity contribution in [2.45, 2.75) is 19.4 Å². The summed E-state index contributed by atoms with van der Waals surface area (Å²) in [5.74, 6) is 0.887. The highest BCUT2D eigenvalue weighted by molar-refractivity contribution is 6.30. The number of benzene rings is 1. The number of pyridine rings is 1. The molecule has 0 bridgehead atoms. The molecule has 1 N–H and O–H groups in total. The van der Waals surface area contributed by atoms with Gasteiger partial charge in [0.1, 0.15) is 0 Å². The molecule has 7 heteroatoms. The van der Waals surface area contributed by atoms with E-state index in [1.165, 1.54) is 0 Å². The Morgan fingerprint density at radius 3 is 2.97 bits per heavy atom. The highest BCUT2D eigenvalue weighted by Crippen LogP contribution is 2.28. The number of fused-ring (bicyclic) bond motifs is 3. The fraction of sp³-hybridized carbons (Fsp3) is 0.261. The van der Waals surface area contributed by atoms with Crippen LogP contribution in [0.15, 0.2) is 60.9 Å². The average Bonchev–Trinajstić information content (AvgIpc) is 3.27. The van der Waals surface area contributed by atoms with Gasteiger partial charge < -0.3 is 14.6 Å². The monoisotopic (exact) mass is 419 g/mol. The maximum atomic E-state index is 12.9. The molecule has 0 aliphatic carbocycles. The van der Waals surface area contributed by atoms with E-state index in [-0.39, 0.29) is 11.8 Å². The van der Waals surface area contributed by atoms with Gasteiger partial charge in [0.15, 0.2) is 11.5 Å². The molecule has 4 heterocycles. The number of nitrogens with one attached hydrogen (secondary N) is 1. The van der Waals surface area contributed by atoms with E-state index in [4.69, 9.17) is 16.6 Å². The first-order chi connectivity index (χ1) is 14.7. The number of amides is 1. The third kappa shape index (κ3) is 3.59. The number of anilines is 1. The summed E-state index contributed by atoms with van der Waals surface area (Å²) in [4.78, 5) is 24.4.